The minimum atomic E-state index is -0.0318. The topological polar surface area (TPSA) is 29.5 Å². The van der Waals surface area contributed by atoms with Crippen LogP contribution in [0.25, 0.3) is 0 Å². The van der Waals surface area contributed by atoms with E-state index in [2.05, 4.69) is 11.5 Å². The third-order valence-corrected chi connectivity index (χ3v) is 3.50. The Morgan fingerprint density at radius 1 is 1.35 bits per heavy atom. The molecule has 0 saturated carbocycles. The van der Waals surface area contributed by atoms with Crippen LogP contribution in [0.4, 0.5) is 0 Å². The molecule has 0 spiro atoms. The highest BCUT2D eigenvalue weighted by Crippen LogP contribution is 2.18. The average molecular weight is 239 g/mol. The Bertz CT molecular complexity index is 232. The fraction of sp³-hybridized carbons (Fsp3) is 0.786. The zero-order valence-electron chi connectivity index (χ0n) is 11.0. The number of nitrogens with zero attached hydrogens (tertiary/aromatic N) is 1. The number of ether oxygens (including phenoxy) is 1. The summed E-state index contributed by atoms with van der Waals surface area (Å²) in [6.45, 7) is 6.98. The van der Waals surface area contributed by atoms with Crippen LogP contribution in [0, 0.1) is 5.92 Å². The van der Waals surface area contributed by atoms with Crippen molar-refractivity contribution in [3.8, 4) is 0 Å². The van der Waals surface area contributed by atoms with Crippen LogP contribution in [0.3, 0.4) is 0 Å². The second-order valence-electron chi connectivity index (χ2n) is 4.78. The molecule has 0 bridgehead atoms. The molecule has 0 radical (unpaired) electrons. The van der Waals surface area contributed by atoms with E-state index in [9.17, 15) is 4.79 Å². The van der Waals surface area contributed by atoms with Gasteiger partial charge in [0.1, 0.15) is 0 Å². The normalized spacial score (nSPS) is 17.9. The van der Waals surface area contributed by atoms with Crippen molar-refractivity contribution in [2.24, 2.45) is 5.92 Å². The SMILES string of the molecule is C=CCCCCCN1CCC(C(=O)OC)CC1. The van der Waals surface area contributed by atoms with E-state index in [4.69, 9.17) is 4.74 Å². The maximum Gasteiger partial charge on any atom is 0.308 e. The Balaban J connectivity index is 2.06. The van der Waals surface area contributed by atoms with Gasteiger partial charge in [-0.25, -0.2) is 0 Å². The predicted molar refractivity (Wildman–Crippen MR) is 69.8 cm³/mol. The van der Waals surface area contributed by atoms with Gasteiger partial charge in [-0.3, -0.25) is 4.79 Å². The fourth-order valence-electron chi connectivity index (χ4n) is 2.36. The molecule has 0 N–H and O–H groups in total. The van der Waals surface area contributed by atoms with Gasteiger partial charge in [0.25, 0.3) is 0 Å². The molecule has 1 rings (SSSR count). The molecule has 0 aromatic carbocycles. The van der Waals surface area contributed by atoms with E-state index >= 15 is 0 Å². The molecule has 0 amide bonds. The highest BCUT2D eigenvalue weighted by molar-refractivity contribution is 5.72. The lowest BCUT2D eigenvalue weighted by atomic mass is 9.97. The first-order valence-electron chi connectivity index (χ1n) is 6.69. The van der Waals surface area contributed by atoms with Gasteiger partial charge in [-0.15, -0.1) is 6.58 Å². The summed E-state index contributed by atoms with van der Waals surface area (Å²) in [6.07, 6.45) is 8.83. The zero-order chi connectivity index (χ0) is 12.5. The molecule has 1 heterocycles. The van der Waals surface area contributed by atoms with E-state index in [1.165, 1.54) is 32.9 Å². The molecular weight excluding hydrogens is 214 g/mol. The van der Waals surface area contributed by atoms with Crippen LogP contribution in [-0.4, -0.2) is 37.6 Å². The van der Waals surface area contributed by atoms with E-state index in [1.54, 1.807) is 0 Å². The lowest BCUT2D eigenvalue weighted by molar-refractivity contribution is -0.147. The second kappa shape index (κ2) is 8.29. The summed E-state index contributed by atoms with van der Waals surface area (Å²) in [4.78, 5) is 13.8. The third kappa shape index (κ3) is 5.35. The van der Waals surface area contributed by atoms with E-state index in [0.717, 1.165) is 32.4 Å². The van der Waals surface area contributed by atoms with Crippen LogP contribution in [0.5, 0.6) is 0 Å². The number of rotatable bonds is 7. The Hall–Kier alpha value is -0.830. The summed E-state index contributed by atoms with van der Waals surface area (Å²) in [7, 11) is 1.48. The van der Waals surface area contributed by atoms with Crippen molar-refractivity contribution in [1.82, 2.24) is 4.90 Å². The first kappa shape index (κ1) is 14.2. The summed E-state index contributed by atoms with van der Waals surface area (Å²) in [5.41, 5.74) is 0. The molecule has 0 aromatic heterocycles. The molecule has 98 valence electrons. The minimum absolute atomic E-state index is 0.0318. The molecule has 1 aliphatic rings. The maximum absolute atomic E-state index is 11.4. The van der Waals surface area contributed by atoms with Gasteiger partial charge in [0.15, 0.2) is 0 Å². The molecule has 17 heavy (non-hydrogen) atoms. The van der Waals surface area contributed by atoms with Crippen LogP contribution in [-0.2, 0) is 9.53 Å². The number of esters is 1. The molecule has 0 atom stereocenters. The molecule has 3 nitrogen and oxygen atoms in total. The lowest BCUT2D eigenvalue weighted by Crippen LogP contribution is -2.37. The van der Waals surface area contributed by atoms with E-state index in [-0.39, 0.29) is 11.9 Å². The van der Waals surface area contributed by atoms with Crippen molar-refractivity contribution in [3.05, 3.63) is 12.7 Å². The van der Waals surface area contributed by atoms with Gasteiger partial charge in [0.05, 0.1) is 13.0 Å². The first-order chi connectivity index (χ1) is 8.27. The van der Waals surface area contributed by atoms with Gasteiger partial charge >= 0.3 is 5.97 Å². The van der Waals surface area contributed by atoms with Crippen LogP contribution < -0.4 is 0 Å². The van der Waals surface area contributed by atoms with Gasteiger partial charge in [-0.2, -0.15) is 0 Å². The number of unbranched alkanes of at least 4 members (excludes halogenated alkanes) is 3. The Labute approximate surface area is 105 Å². The van der Waals surface area contributed by atoms with Crippen molar-refractivity contribution in [1.29, 1.82) is 0 Å². The van der Waals surface area contributed by atoms with Crippen molar-refractivity contribution in [2.45, 2.75) is 38.5 Å². The lowest BCUT2D eigenvalue weighted by Gasteiger charge is -2.30. The number of piperidine rings is 1. The molecular formula is C14H25NO2. The summed E-state index contributed by atoms with van der Waals surface area (Å²) in [5, 5.41) is 0. The van der Waals surface area contributed by atoms with E-state index in [1.807, 2.05) is 6.08 Å². The average Bonchev–Trinajstić information content (AvgIpc) is 2.38. The van der Waals surface area contributed by atoms with Crippen molar-refractivity contribution < 1.29 is 9.53 Å². The second-order valence-corrected chi connectivity index (χ2v) is 4.78. The molecule has 3 heteroatoms. The molecule has 1 aliphatic heterocycles. The monoisotopic (exact) mass is 239 g/mol. The van der Waals surface area contributed by atoms with Gasteiger partial charge in [0, 0.05) is 0 Å². The Kier molecular flexibility index (Phi) is 6.94. The van der Waals surface area contributed by atoms with Gasteiger partial charge in [0.2, 0.25) is 0 Å². The molecule has 1 fully saturated rings. The number of likely N-dealkylation sites (tertiary alicyclic amines) is 1. The van der Waals surface area contributed by atoms with Crippen molar-refractivity contribution in [2.75, 3.05) is 26.7 Å². The molecule has 0 aliphatic carbocycles. The quantitative estimate of drug-likeness (QED) is 0.388. The molecule has 1 saturated heterocycles. The van der Waals surface area contributed by atoms with Gasteiger partial charge in [-0.1, -0.05) is 12.5 Å². The van der Waals surface area contributed by atoms with Crippen molar-refractivity contribution >= 4 is 5.97 Å². The summed E-state index contributed by atoms with van der Waals surface area (Å²) >= 11 is 0. The van der Waals surface area contributed by atoms with E-state index in [0.29, 0.717) is 0 Å². The molecule has 0 aromatic rings. The highest BCUT2D eigenvalue weighted by Gasteiger charge is 2.24. The minimum Gasteiger partial charge on any atom is -0.469 e. The number of allylic oxidation sites excluding steroid dienone is 1. The number of carbonyl (C=O) groups is 1. The summed E-state index contributed by atoms with van der Waals surface area (Å²) in [5.74, 6) is 0.104. The van der Waals surface area contributed by atoms with Gasteiger partial charge in [-0.05, 0) is 51.7 Å². The predicted octanol–water partition coefficient (Wildman–Crippen LogP) is 2.62. The van der Waals surface area contributed by atoms with Crippen LogP contribution in [0.15, 0.2) is 12.7 Å². The number of hydrogen-bond acceptors (Lipinski definition) is 3. The Morgan fingerprint density at radius 3 is 2.65 bits per heavy atom. The highest BCUT2D eigenvalue weighted by atomic mass is 16.5. The maximum atomic E-state index is 11.4. The number of methoxy groups -OCH3 is 1. The van der Waals surface area contributed by atoms with Crippen molar-refractivity contribution in [3.63, 3.8) is 0 Å². The van der Waals surface area contributed by atoms with Crippen LogP contribution >= 0.6 is 0 Å². The van der Waals surface area contributed by atoms with Crippen LogP contribution in [0.2, 0.25) is 0 Å². The standard InChI is InChI=1S/C14H25NO2/c1-3-4-5-6-7-10-15-11-8-13(9-12-15)14(16)17-2/h3,13H,1,4-12H2,2H3. The van der Waals surface area contributed by atoms with E-state index < -0.39 is 0 Å². The summed E-state index contributed by atoms with van der Waals surface area (Å²) in [6, 6.07) is 0. The summed E-state index contributed by atoms with van der Waals surface area (Å²) < 4.78 is 4.78. The van der Waals surface area contributed by atoms with Gasteiger partial charge < -0.3 is 9.64 Å². The number of carbonyl (C=O) groups excluding carboxylic acids is 1. The molecule has 0 unspecified atom stereocenters. The van der Waals surface area contributed by atoms with Crippen LogP contribution in [0.1, 0.15) is 38.5 Å². The Morgan fingerprint density at radius 2 is 2.06 bits per heavy atom. The fourth-order valence-corrected chi connectivity index (χ4v) is 2.36. The smallest absolute Gasteiger partial charge is 0.308 e. The number of hydrogen-bond donors (Lipinski definition) is 0. The first-order valence-corrected chi connectivity index (χ1v) is 6.69. The zero-order valence-corrected chi connectivity index (χ0v) is 11.0. The largest absolute Gasteiger partial charge is 0.469 e. The third-order valence-electron chi connectivity index (χ3n) is 3.50.